The van der Waals surface area contributed by atoms with E-state index < -0.39 is 0 Å². The summed E-state index contributed by atoms with van der Waals surface area (Å²) in [5, 5.41) is 25.3. The number of piperazine rings is 1. The van der Waals surface area contributed by atoms with Crippen LogP contribution in [0.2, 0.25) is 0 Å². The molecule has 0 atom stereocenters. The second-order valence-corrected chi connectivity index (χ2v) is 6.74. The van der Waals surface area contributed by atoms with Crippen LogP contribution >= 0.6 is 0 Å². The molecule has 0 amide bonds. The van der Waals surface area contributed by atoms with Crippen LogP contribution < -0.4 is 34.8 Å². The van der Waals surface area contributed by atoms with Crippen molar-refractivity contribution in [3.63, 3.8) is 0 Å². The summed E-state index contributed by atoms with van der Waals surface area (Å²) in [5.41, 5.74) is 0. The molecule has 3 fully saturated rings. The second kappa shape index (κ2) is 39.0. The molecule has 0 aromatic carbocycles. The van der Waals surface area contributed by atoms with E-state index in [1.54, 1.807) is 24.8 Å². The molecule has 3 saturated heterocycles. The quantitative estimate of drug-likeness (QED) is 0.279. The molecule has 2 aromatic rings. The van der Waals surface area contributed by atoms with Gasteiger partial charge in [0, 0.05) is 38.6 Å². The molecule has 198 valence electrons. The summed E-state index contributed by atoms with van der Waals surface area (Å²) in [4.78, 5) is 2.33. The minimum absolute atomic E-state index is 0. The molecule has 0 bridgehead atoms. The van der Waals surface area contributed by atoms with E-state index in [-0.39, 0.29) is 41.1 Å². The van der Waals surface area contributed by atoms with Crippen molar-refractivity contribution in [2.45, 2.75) is 60.8 Å². The molecule has 2 aromatic heterocycles. The fourth-order valence-electron chi connectivity index (χ4n) is 2.59. The number of aromatic amines is 2. The standard InChI is InChI=1S/C5H12N2.C5H11N.C4H9N.C3H4N2.C2H3N3.C2H6.2CH4.CH3.Li/c1-7-4-2-6-3-5-7;1-2-4-6-5-3-1;3*1-2-4-5-3-1;1-2;;;;/h6H,2-5H2,1H3;6H,1-5H2;5H,1-4H2;1-3H,(H,4,5);1-2H,(H,3,4,5);1-2H3;2*1H4;1H3;/q;;;;;;;;-1;+1. The van der Waals surface area contributed by atoms with Gasteiger partial charge in [0.2, 0.25) is 0 Å². The summed E-state index contributed by atoms with van der Waals surface area (Å²) >= 11 is 0. The van der Waals surface area contributed by atoms with Crippen molar-refractivity contribution in [3.8, 4) is 0 Å². The maximum atomic E-state index is 3.60. The van der Waals surface area contributed by atoms with Crippen LogP contribution in [0.3, 0.4) is 0 Å². The fourth-order valence-corrected chi connectivity index (χ4v) is 2.59. The average molecular weight is 478 g/mol. The Hall–Kier alpha value is -1.21. The summed E-state index contributed by atoms with van der Waals surface area (Å²) in [7, 11) is 2.15. The van der Waals surface area contributed by atoms with Crippen molar-refractivity contribution in [3.05, 3.63) is 38.3 Å². The van der Waals surface area contributed by atoms with E-state index in [1.807, 2.05) is 19.9 Å². The molecule has 5 rings (SSSR count). The Kier molecular flexibility index (Phi) is 49.2. The zero-order valence-electron chi connectivity index (χ0n) is 21.4. The summed E-state index contributed by atoms with van der Waals surface area (Å²) in [6.45, 7) is 13.7. The van der Waals surface area contributed by atoms with Crippen LogP contribution in [0.4, 0.5) is 0 Å². The van der Waals surface area contributed by atoms with Crippen molar-refractivity contribution >= 4 is 0 Å². The van der Waals surface area contributed by atoms with E-state index in [9.17, 15) is 0 Å². The van der Waals surface area contributed by atoms with Crippen molar-refractivity contribution in [1.29, 1.82) is 0 Å². The van der Waals surface area contributed by atoms with Gasteiger partial charge in [0.1, 0.15) is 0 Å². The van der Waals surface area contributed by atoms with Crippen LogP contribution in [0.5, 0.6) is 0 Å². The summed E-state index contributed by atoms with van der Waals surface area (Å²) < 4.78 is 0. The topological polar surface area (TPSA) is 110 Å². The first-order chi connectivity index (χ1) is 14.9. The van der Waals surface area contributed by atoms with Gasteiger partial charge in [-0.15, -0.1) is 0 Å². The Balaban J connectivity index is -0.0000000988. The van der Waals surface area contributed by atoms with Crippen LogP contribution in [0, 0.1) is 7.43 Å². The van der Waals surface area contributed by atoms with E-state index in [4.69, 9.17) is 0 Å². The normalized spacial score (nSPS) is 15.5. The molecule has 9 nitrogen and oxygen atoms in total. The number of hydrogen-bond acceptors (Lipinski definition) is 7. The molecule has 0 saturated carbocycles. The van der Waals surface area contributed by atoms with Gasteiger partial charge in [-0.05, 0) is 65.0 Å². The SMILES string of the molecule is C.C.C1CCNC1.C1CCNCC1.CC.CN1CCNCC1.[CH3-].[Li+].c1cn[nH]c1.c1cn[nH]n1. The Bertz CT molecular complexity index is 391. The molecule has 0 radical (unpaired) electrons. The number of hydrogen-bond donors (Lipinski definition) is 5. The van der Waals surface area contributed by atoms with Gasteiger partial charge in [-0.3, -0.25) is 5.10 Å². The third-order valence-corrected chi connectivity index (χ3v) is 4.24. The van der Waals surface area contributed by atoms with Crippen molar-refractivity contribution in [2.24, 2.45) is 0 Å². The van der Waals surface area contributed by atoms with E-state index in [0.29, 0.717) is 0 Å². The van der Waals surface area contributed by atoms with Gasteiger partial charge in [0.25, 0.3) is 0 Å². The van der Waals surface area contributed by atoms with Crippen molar-refractivity contribution in [2.75, 3.05) is 59.4 Å². The third-order valence-electron chi connectivity index (χ3n) is 4.24. The van der Waals surface area contributed by atoms with Crippen LogP contribution in [0.25, 0.3) is 0 Å². The van der Waals surface area contributed by atoms with Gasteiger partial charge in [-0.25, -0.2) is 0 Å². The first-order valence-corrected chi connectivity index (χ1v) is 11.4. The zero-order valence-corrected chi connectivity index (χ0v) is 21.4. The number of piperidine rings is 1. The van der Waals surface area contributed by atoms with Crippen molar-refractivity contribution < 1.29 is 18.9 Å². The third kappa shape index (κ3) is 35.4. The molecular weight excluding hydrogens is 421 g/mol. The number of aromatic nitrogens is 5. The second-order valence-electron chi connectivity index (χ2n) is 6.74. The maximum absolute atomic E-state index is 3.60. The monoisotopic (exact) mass is 477 g/mol. The number of likely N-dealkylation sites (N-methyl/N-ethyl adjacent to an activating group) is 1. The van der Waals surface area contributed by atoms with Crippen LogP contribution in [-0.2, 0) is 0 Å². The fraction of sp³-hybridized carbons (Fsp3) is 0.750. The Morgan fingerprint density at radius 3 is 1.26 bits per heavy atom. The summed E-state index contributed by atoms with van der Waals surface area (Å²) in [5.74, 6) is 0. The van der Waals surface area contributed by atoms with Crippen LogP contribution in [-0.4, -0.2) is 89.9 Å². The molecule has 10 heteroatoms. The minimum Gasteiger partial charge on any atom is -0.358 e. The Morgan fingerprint density at radius 1 is 0.647 bits per heavy atom. The predicted octanol–water partition coefficient (Wildman–Crippen LogP) is 0.618. The molecule has 34 heavy (non-hydrogen) atoms. The molecule has 3 aliphatic heterocycles. The van der Waals surface area contributed by atoms with Gasteiger partial charge in [-0.2, -0.15) is 20.5 Å². The van der Waals surface area contributed by atoms with Gasteiger partial charge in [0.15, 0.2) is 0 Å². The smallest absolute Gasteiger partial charge is 0.358 e. The molecule has 0 aliphatic carbocycles. The molecule has 5 heterocycles. The number of rotatable bonds is 0. The summed E-state index contributed by atoms with van der Waals surface area (Å²) in [6, 6.07) is 1.83. The number of nitrogens with zero attached hydrogens (tertiary/aromatic N) is 4. The van der Waals surface area contributed by atoms with E-state index in [0.717, 1.165) is 13.1 Å². The van der Waals surface area contributed by atoms with Gasteiger partial charge in [-0.1, -0.05) is 35.1 Å². The van der Waals surface area contributed by atoms with Gasteiger partial charge < -0.3 is 28.3 Å². The number of nitrogens with one attached hydrogen (secondary N) is 5. The molecule has 0 spiro atoms. The largest absolute Gasteiger partial charge is 1.00 e. The van der Waals surface area contributed by atoms with E-state index in [2.05, 4.69) is 53.5 Å². The van der Waals surface area contributed by atoms with Gasteiger partial charge in [0.05, 0.1) is 12.4 Å². The molecule has 3 aliphatic rings. The first kappa shape index (κ1) is 42.9. The first-order valence-electron chi connectivity index (χ1n) is 11.4. The van der Waals surface area contributed by atoms with Crippen molar-refractivity contribution in [1.82, 2.24) is 46.5 Å². The van der Waals surface area contributed by atoms with Gasteiger partial charge >= 0.3 is 18.9 Å². The average Bonchev–Trinajstić information content (AvgIpc) is 3.64. The van der Waals surface area contributed by atoms with Crippen LogP contribution in [0.1, 0.15) is 60.8 Å². The Morgan fingerprint density at radius 2 is 1.09 bits per heavy atom. The maximum Gasteiger partial charge on any atom is 1.00 e. The van der Waals surface area contributed by atoms with E-state index >= 15 is 0 Å². The Labute approximate surface area is 223 Å². The molecule has 0 unspecified atom stereocenters. The molecular formula is C24H56LiN9. The molecule has 5 N–H and O–H groups in total. The van der Waals surface area contributed by atoms with Crippen LogP contribution in [0.15, 0.2) is 30.9 Å². The van der Waals surface area contributed by atoms with E-state index in [1.165, 1.54) is 71.4 Å². The predicted molar refractivity (Wildman–Crippen MR) is 145 cm³/mol. The summed E-state index contributed by atoms with van der Waals surface area (Å²) in [6.07, 6.45) is 13.6. The zero-order chi connectivity index (χ0) is 22.0. The number of H-pyrrole nitrogens is 2. The minimum atomic E-state index is 0.